The first-order valence-corrected chi connectivity index (χ1v) is 12.1. The monoisotopic (exact) mass is 507 g/mol. The Morgan fingerprint density at radius 2 is 1.78 bits per heavy atom. The number of nitrogens with zero attached hydrogens (tertiary/aromatic N) is 1. The SMILES string of the molecule is COc1ccc(OC(=O)N2CCc3c([nH]c4c3=CC(Cl)CC=4)C2c2ccc(OCC(N)=O)cc2)cc1. The van der Waals surface area contributed by atoms with Crippen molar-refractivity contribution in [1.82, 2.24) is 9.88 Å². The number of amides is 2. The largest absolute Gasteiger partial charge is 0.497 e. The third-order valence-corrected chi connectivity index (χ3v) is 6.67. The van der Waals surface area contributed by atoms with Gasteiger partial charge in [0.2, 0.25) is 0 Å². The van der Waals surface area contributed by atoms with E-state index in [1.54, 1.807) is 48.4 Å². The number of aromatic nitrogens is 1. The Labute approximate surface area is 212 Å². The second-order valence-corrected chi connectivity index (χ2v) is 9.24. The Balaban J connectivity index is 1.50. The molecule has 186 valence electrons. The zero-order valence-electron chi connectivity index (χ0n) is 19.7. The lowest BCUT2D eigenvalue weighted by molar-refractivity contribution is -0.119. The number of halogens is 1. The second-order valence-electron chi connectivity index (χ2n) is 8.68. The Hall–Kier alpha value is -3.91. The fraction of sp³-hybridized carbons (Fsp3) is 0.259. The molecule has 0 saturated heterocycles. The zero-order valence-corrected chi connectivity index (χ0v) is 20.5. The van der Waals surface area contributed by atoms with Gasteiger partial charge >= 0.3 is 6.09 Å². The second kappa shape index (κ2) is 9.99. The van der Waals surface area contributed by atoms with E-state index in [0.29, 0.717) is 30.2 Å². The van der Waals surface area contributed by atoms with E-state index in [9.17, 15) is 9.59 Å². The predicted octanol–water partition coefficient (Wildman–Crippen LogP) is 2.61. The summed E-state index contributed by atoms with van der Waals surface area (Å²) >= 11 is 6.42. The van der Waals surface area contributed by atoms with Crippen LogP contribution in [0.5, 0.6) is 17.2 Å². The lowest BCUT2D eigenvalue weighted by Crippen LogP contribution is -2.43. The number of rotatable bonds is 6. The van der Waals surface area contributed by atoms with E-state index in [2.05, 4.69) is 17.1 Å². The van der Waals surface area contributed by atoms with E-state index in [1.807, 2.05) is 12.1 Å². The van der Waals surface area contributed by atoms with Crippen LogP contribution in [-0.4, -0.2) is 47.5 Å². The predicted molar refractivity (Wildman–Crippen MR) is 136 cm³/mol. The van der Waals surface area contributed by atoms with Gasteiger partial charge in [0.15, 0.2) is 6.61 Å². The highest BCUT2D eigenvalue weighted by Gasteiger charge is 2.35. The van der Waals surface area contributed by atoms with Gasteiger partial charge in [0, 0.05) is 22.8 Å². The molecule has 0 bridgehead atoms. The van der Waals surface area contributed by atoms with Crippen LogP contribution in [0, 0.1) is 0 Å². The zero-order chi connectivity index (χ0) is 25.2. The van der Waals surface area contributed by atoms with Crippen LogP contribution in [0.2, 0.25) is 0 Å². The number of nitrogens with two attached hydrogens (primary N) is 1. The number of ether oxygens (including phenoxy) is 3. The highest BCUT2D eigenvalue weighted by Crippen LogP contribution is 2.34. The number of carbonyl (C=O) groups is 2. The number of fused-ring (bicyclic) bond motifs is 3. The van der Waals surface area contributed by atoms with Crippen LogP contribution < -0.4 is 30.5 Å². The summed E-state index contributed by atoms with van der Waals surface area (Å²) in [6.45, 7) is 0.263. The van der Waals surface area contributed by atoms with Crippen LogP contribution >= 0.6 is 11.6 Å². The Morgan fingerprint density at radius 3 is 2.47 bits per heavy atom. The molecule has 3 aromatic rings. The smallest absolute Gasteiger partial charge is 0.416 e. The van der Waals surface area contributed by atoms with Gasteiger partial charge in [-0.1, -0.05) is 24.3 Å². The topological polar surface area (TPSA) is 107 Å². The molecule has 2 aliphatic rings. The minimum Gasteiger partial charge on any atom is -0.497 e. The van der Waals surface area contributed by atoms with E-state index in [0.717, 1.165) is 33.8 Å². The summed E-state index contributed by atoms with van der Waals surface area (Å²) in [6, 6.07) is 13.7. The van der Waals surface area contributed by atoms with Crippen molar-refractivity contribution in [2.24, 2.45) is 5.73 Å². The Kier molecular flexibility index (Phi) is 6.61. The maximum absolute atomic E-state index is 13.4. The molecule has 0 spiro atoms. The molecule has 1 aromatic heterocycles. The molecule has 3 N–H and O–H groups in total. The number of methoxy groups -OCH3 is 1. The highest BCUT2D eigenvalue weighted by atomic mass is 35.5. The van der Waals surface area contributed by atoms with Gasteiger partial charge in [-0.2, -0.15) is 0 Å². The van der Waals surface area contributed by atoms with Gasteiger partial charge in [0.25, 0.3) is 5.91 Å². The van der Waals surface area contributed by atoms with Gasteiger partial charge < -0.3 is 24.9 Å². The molecule has 2 aromatic carbocycles. The molecule has 36 heavy (non-hydrogen) atoms. The number of hydrogen-bond donors (Lipinski definition) is 2. The minimum absolute atomic E-state index is 0.0596. The summed E-state index contributed by atoms with van der Waals surface area (Å²) in [5.74, 6) is 1.07. The van der Waals surface area contributed by atoms with Crippen LogP contribution in [0.15, 0.2) is 48.5 Å². The van der Waals surface area contributed by atoms with Gasteiger partial charge in [-0.3, -0.25) is 9.69 Å². The maximum atomic E-state index is 13.4. The van der Waals surface area contributed by atoms with Crippen molar-refractivity contribution in [2.75, 3.05) is 20.3 Å². The molecular formula is C27H26ClN3O5. The van der Waals surface area contributed by atoms with E-state index in [-0.39, 0.29) is 12.0 Å². The molecule has 0 saturated carbocycles. The number of carbonyl (C=O) groups excluding carboxylic acids is 2. The molecule has 0 radical (unpaired) electrons. The molecule has 8 nitrogen and oxygen atoms in total. The van der Waals surface area contributed by atoms with Crippen molar-refractivity contribution in [1.29, 1.82) is 0 Å². The molecule has 2 unspecified atom stereocenters. The van der Waals surface area contributed by atoms with E-state index in [1.165, 1.54) is 0 Å². The summed E-state index contributed by atoms with van der Waals surface area (Å²) in [5, 5.41) is 2.06. The van der Waals surface area contributed by atoms with Crippen LogP contribution in [0.3, 0.4) is 0 Å². The molecule has 2 atom stereocenters. The highest BCUT2D eigenvalue weighted by molar-refractivity contribution is 6.24. The Bertz CT molecular complexity index is 1400. The first-order valence-electron chi connectivity index (χ1n) is 11.6. The minimum atomic E-state index is -0.550. The molecule has 1 aliphatic heterocycles. The van der Waals surface area contributed by atoms with E-state index >= 15 is 0 Å². The molecule has 2 amide bonds. The van der Waals surface area contributed by atoms with Gasteiger partial charge in [-0.25, -0.2) is 4.79 Å². The number of nitrogens with one attached hydrogen (secondary N) is 1. The van der Waals surface area contributed by atoms with E-state index < -0.39 is 18.0 Å². The average Bonchev–Trinajstić information content (AvgIpc) is 3.25. The normalized spacial score (nSPS) is 18.2. The molecule has 2 heterocycles. The number of aromatic amines is 1. The summed E-state index contributed by atoms with van der Waals surface area (Å²) in [6.07, 6.45) is 5.13. The third-order valence-electron chi connectivity index (χ3n) is 6.37. The van der Waals surface area contributed by atoms with Gasteiger partial charge in [-0.05, 0) is 60.4 Å². The van der Waals surface area contributed by atoms with Crippen molar-refractivity contribution < 1.29 is 23.8 Å². The number of primary amides is 1. The lowest BCUT2D eigenvalue weighted by Gasteiger charge is -2.35. The average molecular weight is 508 g/mol. The summed E-state index contributed by atoms with van der Waals surface area (Å²) in [5.41, 5.74) is 8.14. The molecule has 1 aliphatic carbocycles. The summed E-state index contributed by atoms with van der Waals surface area (Å²) in [7, 11) is 1.58. The quantitative estimate of drug-likeness (QED) is 0.499. The number of alkyl halides is 1. The van der Waals surface area contributed by atoms with Gasteiger partial charge in [0.1, 0.15) is 23.3 Å². The number of H-pyrrole nitrogens is 1. The summed E-state index contributed by atoms with van der Waals surface area (Å²) in [4.78, 5) is 29.7. The van der Waals surface area contributed by atoms with Crippen molar-refractivity contribution in [2.45, 2.75) is 24.3 Å². The fourth-order valence-electron chi connectivity index (χ4n) is 4.69. The lowest BCUT2D eigenvalue weighted by atomic mass is 9.92. The number of benzene rings is 2. The van der Waals surface area contributed by atoms with Crippen molar-refractivity contribution in [3.05, 3.63) is 75.9 Å². The van der Waals surface area contributed by atoms with Crippen molar-refractivity contribution >= 4 is 35.8 Å². The van der Waals surface area contributed by atoms with Crippen LogP contribution in [0.4, 0.5) is 4.79 Å². The standard InChI is InChI=1S/C27H26ClN3O5/c1-34-18-7-9-20(10-8-18)36-27(33)31-13-12-21-22-14-17(28)4-11-23(22)30-25(21)26(31)16-2-5-19(6-3-16)35-15-24(29)32/h2-3,5-11,14,17,26,30H,4,12-13,15H2,1H3,(H2,29,32). The molecule has 9 heteroatoms. The maximum Gasteiger partial charge on any atom is 0.416 e. The van der Waals surface area contributed by atoms with Crippen LogP contribution in [0.25, 0.3) is 12.2 Å². The molecule has 0 fully saturated rings. The first kappa shape index (κ1) is 23.8. The van der Waals surface area contributed by atoms with Gasteiger partial charge in [-0.15, -0.1) is 11.6 Å². The van der Waals surface area contributed by atoms with Crippen molar-refractivity contribution in [3.63, 3.8) is 0 Å². The van der Waals surface area contributed by atoms with Crippen LogP contribution in [-0.2, 0) is 11.2 Å². The molecule has 5 rings (SSSR count). The Morgan fingerprint density at radius 1 is 1.08 bits per heavy atom. The van der Waals surface area contributed by atoms with Crippen molar-refractivity contribution in [3.8, 4) is 17.2 Å². The summed E-state index contributed by atoms with van der Waals surface area (Å²) < 4.78 is 16.3. The van der Waals surface area contributed by atoms with Gasteiger partial charge in [0.05, 0.1) is 12.5 Å². The van der Waals surface area contributed by atoms with Crippen LogP contribution in [0.1, 0.15) is 29.3 Å². The first-order chi connectivity index (χ1) is 17.4. The van der Waals surface area contributed by atoms with E-state index in [4.69, 9.17) is 31.5 Å². The molecular weight excluding hydrogens is 482 g/mol. The number of hydrogen-bond acceptors (Lipinski definition) is 5. The third kappa shape index (κ3) is 4.77. The fourth-order valence-corrected chi connectivity index (χ4v) is 4.91.